The number of tetrazole rings is 1. The first-order valence-corrected chi connectivity index (χ1v) is 8.59. The quantitative estimate of drug-likeness (QED) is 0.693. The summed E-state index contributed by atoms with van der Waals surface area (Å²) in [5.41, 5.74) is 1.60. The molecule has 9 heteroatoms. The van der Waals surface area contributed by atoms with Crippen LogP contribution in [0, 0.1) is 0 Å². The van der Waals surface area contributed by atoms with E-state index in [1.165, 1.54) is 0 Å². The first-order valence-electron chi connectivity index (χ1n) is 7.84. The summed E-state index contributed by atoms with van der Waals surface area (Å²) in [6.07, 6.45) is 0. The van der Waals surface area contributed by atoms with Crippen LogP contribution in [0.3, 0.4) is 0 Å². The van der Waals surface area contributed by atoms with E-state index >= 15 is 0 Å². The van der Waals surface area contributed by atoms with Crippen LogP contribution in [0.5, 0.6) is 11.5 Å². The van der Waals surface area contributed by atoms with Gasteiger partial charge in [0.1, 0.15) is 11.5 Å². The summed E-state index contributed by atoms with van der Waals surface area (Å²) in [5, 5.41) is 15.1. The topological polar surface area (TPSA) is 78.7 Å². The zero-order chi connectivity index (χ0) is 18.7. The van der Waals surface area contributed by atoms with E-state index in [4.69, 9.17) is 32.7 Å². The van der Waals surface area contributed by atoms with Crippen LogP contribution in [0.2, 0.25) is 10.0 Å². The van der Waals surface area contributed by atoms with Gasteiger partial charge in [-0.3, -0.25) is 0 Å². The van der Waals surface area contributed by atoms with Crippen molar-refractivity contribution in [3.63, 3.8) is 0 Å². The number of halogens is 2. The third-order valence-electron chi connectivity index (χ3n) is 4.00. The highest BCUT2D eigenvalue weighted by Crippen LogP contribution is 2.36. The lowest BCUT2D eigenvalue weighted by molar-refractivity contribution is -0.662. The molecule has 0 fully saturated rings. The summed E-state index contributed by atoms with van der Waals surface area (Å²) in [7, 11) is 5.11. The van der Waals surface area contributed by atoms with Crippen molar-refractivity contribution < 1.29 is 14.8 Å². The van der Waals surface area contributed by atoms with Crippen LogP contribution in [0.4, 0.5) is 0 Å². The summed E-state index contributed by atoms with van der Waals surface area (Å²) in [4.78, 5) is 0. The van der Waals surface area contributed by atoms with Crippen molar-refractivity contribution in [2.45, 2.75) is 6.04 Å². The van der Waals surface area contributed by atoms with Gasteiger partial charge >= 0.3 is 0 Å². The highest BCUT2D eigenvalue weighted by Gasteiger charge is 2.28. The lowest BCUT2D eigenvalue weighted by Crippen LogP contribution is -2.81. The van der Waals surface area contributed by atoms with Gasteiger partial charge < -0.3 is 14.8 Å². The second kappa shape index (κ2) is 7.90. The van der Waals surface area contributed by atoms with Gasteiger partial charge in [0, 0.05) is 5.02 Å². The molecule has 0 saturated carbocycles. The van der Waals surface area contributed by atoms with Crippen LogP contribution in [-0.2, 0) is 0 Å². The number of rotatable bonds is 6. The first kappa shape index (κ1) is 18.4. The number of benzene rings is 2. The molecule has 3 aromatic rings. The number of aromatic nitrogens is 4. The molecule has 7 nitrogen and oxygen atoms in total. The Morgan fingerprint density at radius 3 is 2.42 bits per heavy atom. The molecule has 0 radical (unpaired) electrons. The fourth-order valence-electron chi connectivity index (χ4n) is 2.79. The maximum absolute atomic E-state index is 6.29. The van der Waals surface area contributed by atoms with E-state index in [9.17, 15) is 0 Å². The van der Waals surface area contributed by atoms with E-state index < -0.39 is 0 Å². The van der Waals surface area contributed by atoms with Gasteiger partial charge in [-0.05, 0) is 46.8 Å². The zero-order valence-electron chi connectivity index (χ0n) is 14.5. The minimum atomic E-state index is -0.266. The molecule has 136 valence electrons. The summed E-state index contributed by atoms with van der Waals surface area (Å²) >= 11 is 12.5. The molecular weight excluding hydrogens is 377 g/mol. The van der Waals surface area contributed by atoms with E-state index in [2.05, 4.69) is 15.5 Å². The smallest absolute Gasteiger partial charge is 0.219 e. The molecular formula is C17H18Cl2N5O2+. The Morgan fingerprint density at radius 1 is 1.08 bits per heavy atom. The van der Waals surface area contributed by atoms with Crippen molar-refractivity contribution >= 4 is 23.2 Å². The van der Waals surface area contributed by atoms with Gasteiger partial charge in [0.2, 0.25) is 5.82 Å². The SMILES string of the molecule is C[NH2+][C@@H](c1cc(Cl)cc(Cl)c1OC)c1nnnn1-c1ccc(OC)cc1. The molecule has 0 saturated heterocycles. The van der Waals surface area contributed by atoms with E-state index in [1.54, 1.807) is 25.0 Å². The molecule has 0 amide bonds. The zero-order valence-corrected chi connectivity index (χ0v) is 16.0. The van der Waals surface area contributed by atoms with Crippen molar-refractivity contribution in [2.75, 3.05) is 21.3 Å². The lowest BCUT2D eigenvalue weighted by Gasteiger charge is -2.17. The first-order chi connectivity index (χ1) is 12.6. The van der Waals surface area contributed by atoms with Crippen molar-refractivity contribution in [3.8, 4) is 17.2 Å². The molecule has 0 aliphatic carbocycles. The van der Waals surface area contributed by atoms with Crippen molar-refractivity contribution in [1.29, 1.82) is 0 Å². The number of hydrogen-bond donors (Lipinski definition) is 1. The fourth-order valence-corrected chi connectivity index (χ4v) is 3.38. The standard InChI is InChI=1S/C17H17Cl2N5O2/c1-20-15(13-8-10(18)9-14(19)16(13)26-3)17-21-22-23-24(17)11-4-6-12(25-2)7-5-11/h4-9,15,20H,1-3H3/p+1/t15-/m0/s1. The van der Waals surface area contributed by atoms with E-state index in [1.807, 2.05) is 42.7 Å². The Labute approximate surface area is 160 Å². The van der Waals surface area contributed by atoms with E-state index in [0.717, 1.165) is 17.0 Å². The number of nitrogens with two attached hydrogens (primary N) is 1. The van der Waals surface area contributed by atoms with Gasteiger partial charge in [0.05, 0.1) is 37.5 Å². The number of quaternary nitrogens is 1. The van der Waals surface area contributed by atoms with Gasteiger partial charge in [-0.25, -0.2) is 0 Å². The van der Waals surface area contributed by atoms with Gasteiger partial charge in [-0.1, -0.05) is 23.2 Å². The van der Waals surface area contributed by atoms with Gasteiger partial charge in [0.25, 0.3) is 0 Å². The summed E-state index contributed by atoms with van der Waals surface area (Å²) in [5.74, 6) is 1.92. The number of hydrogen-bond acceptors (Lipinski definition) is 5. The Hall–Kier alpha value is -2.35. The Kier molecular flexibility index (Phi) is 5.61. The average molecular weight is 395 g/mol. The minimum absolute atomic E-state index is 0.266. The minimum Gasteiger partial charge on any atom is -0.497 e. The Bertz CT molecular complexity index is 899. The highest BCUT2D eigenvalue weighted by molar-refractivity contribution is 6.35. The van der Waals surface area contributed by atoms with Crippen LogP contribution in [0.15, 0.2) is 36.4 Å². The molecule has 1 heterocycles. The van der Waals surface area contributed by atoms with Crippen molar-refractivity contribution in [2.24, 2.45) is 0 Å². The third-order valence-corrected chi connectivity index (χ3v) is 4.50. The Morgan fingerprint density at radius 2 is 1.81 bits per heavy atom. The summed E-state index contributed by atoms with van der Waals surface area (Å²) in [6.45, 7) is 0. The van der Waals surface area contributed by atoms with Crippen molar-refractivity contribution in [3.05, 3.63) is 57.8 Å². The molecule has 1 atom stereocenters. The fraction of sp³-hybridized carbons (Fsp3) is 0.235. The molecule has 0 aliphatic rings. The van der Waals surface area contributed by atoms with Gasteiger partial charge in [-0.15, -0.1) is 5.10 Å². The predicted octanol–water partition coefficient (Wildman–Crippen LogP) is 2.27. The van der Waals surface area contributed by atoms with Crippen LogP contribution in [0.25, 0.3) is 5.69 Å². The number of ether oxygens (including phenoxy) is 2. The lowest BCUT2D eigenvalue weighted by atomic mass is 10.0. The van der Waals surface area contributed by atoms with E-state index in [0.29, 0.717) is 21.6 Å². The van der Waals surface area contributed by atoms with Crippen LogP contribution < -0.4 is 14.8 Å². The third kappa shape index (κ3) is 3.46. The number of methoxy groups -OCH3 is 2. The van der Waals surface area contributed by atoms with Crippen molar-refractivity contribution in [1.82, 2.24) is 20.2 Å². The largest absolute Gasteiger partial charge is 0.497 e. The second-order valence-corrected chi connectivity index (χ2v) is 6.31. The monoisotopic (exact) mass is 394 g/mol. The Balaban J connectivity index is 2.09. The second-order valence-electron chi connectivity index (χ2n) is 5.47. The van der Waals surface area contributed by atoms with Crippen LogP contribution in [0.1, 0.15) is 17.4 Å². The molecule has 2 N–H and O–H groups in total. The molecule has 0 unspecified atom stereocenters. The van der Waals surface area contributed by atoms with Gasteiger partial charge in [0.15, 0.2) is 6.04 Å². The molecule has 0 aliphatic heterocycles. The molecule has 26 heavy (non-hydrogen) atoms. The molecule has 1 aromatic heterocycles. The number of nitrogens with zero attached hydrogens (tertiary/aromatic N) is 4. The summed E-state index contributed by atoms with van der Waals surface area (Å²) in [6, 6.07) is 10.7. The molecule has 3 rings (SSSR count). The predicted molar refractivity (Wildman–Crippen MR) is 98.4 cm³/mol. The normalized spacial score (nSPS) is 12.0. The summed E-state index contributed by atoms with van der Waals surface area (Å²) < 4.78 is 12.3. The average Bonchev–Trinajstić information content (AvgIpc) is 3.11. The molecule has 2 aromatic carbocycles. The maximum atomic E-state index is 6.29. The maximum Gasteiger partial charge on any atom is 0.219 e. The van der Waals surface area contributed by atoms with Gasteiger partial charge in [-0.2, -0.15) is 4.68 Å². The molecule has 0 bridgehead atoms. The molecule has 0 spiro atoms. The van der Waals surface area contributed by atoms with Crippen LogP contribution in [-0.4, -0.2) is 41.5 Å². The van der Waals surface area contributed by atoms with Crippen LogP contribution >= 0.6 is 23.2 Å². The van der Waals surface area contributed by atoms with E-state index in [-0.39, 0.29) is 6.04 Å². The highest BCUT2D eigenvalue weighted by atomic mass is 35.5.